The van der Waals surface area contributed by atoms with Crippen LogP contribution in [0.5, 0.6) is 0 Å². The summed E-state index contributed by atoms with van der Waals surface area (Å²) in [5, 5.41) is 4.72. The highest BCUT2D eigenvalue weighted by Gasteiger charge is 2.35. The first kappa shape index (κ1) is 25.9. The fourth-order valence-corrected chi connectivity index (χ4v) is 4.97. The Morgan fingerprint density at radius 2 is 1.53 bits per heavy atom. The summed E-state index contributed by atoms with van der Waals surface area (Å²) in [4.78, 5) is 25.6. The van der Waals surface area contributed by atoms with Crippen molar-refractivity contribution in [2.45, 2.75) is 57.6 Å². The third-order valence-electron chi connectivity index (χ3n) is 4.26. The van der Waals surface area contributed by atoms with Crippen LogP contribution in [0.2, 0.25) is 0 Å². The summed E-state index contributed by atoms with van der Waals surface area (Å²) in [6.45, 7) is 10.2. The number of benzene rings is 2. The fourth-order valence-electron chi connectivity index (χ4n) is 2.98. The van der Waals surface area contributed by atoms with E-state index in [-0.39, 0.29) is 10.6 Å². The van der Waals surface area contributed by atoms with E-state index < -0.39 is 33.4 Å². The van der Waals surface area contributed by atoms with Gasteiger partial charge in [-0.2, -0.15) is 14.1 Å². The zero-order chi connectivity index (χ0) is 25.5. The summed E-state index contributed by atoms with van der Waals surface area (Å²) in [5.41, 5.74) is -1.20. The Bertz CT molecular complexity index is 1340. The zero-order valence-corrected chi connectivity index (χ0v) is 22.7. The normalized spacial score (nSPS) is 12.4. The molecule has 2 aromatic carbocycles. The second-order valence-electron chi connectivity index (χ2n) is 9.45. The topological polar surface area (TPSA) is 108 Å². The number of hydrogen-bond donors (Lipinski definition) is 0. The highest BCUT2D eigenvalue weighted by atomic mass is 127. The van der Waals surface area contributed by atoms with Crippen LogP contribution < -0.4 is 4.31 Å². The van der Waals surface area contributed by atoms with Gasteiger partial charge in [0.25, 0.3) is 10.0 Å². The number of amides is 1. The van der Waals surface area contributed by atoms with Crippen LogP contribution in [0.4, 0.5) is 15.3 Å². The van der Waals surface area contributed by atoms with E-state index in [1.165, 1.54) is 30.3 Å². The first-order valence-corrected chi connectivity index (χ1v) is 12.9. The number of anilines is 1. The molecule has 1 aromatic heterocycles. The van der Waals surface area contributed by atoms with Crippen LogP contribution in [0.3, 0.4) is 0 Å². The molecule has 11 heteroatoms. The maximum Gasteiger partial charge on any atom is 0.435 e. The van der Waals surface area contributed by atoms with E-state index >= 15 is 0 Å². The van der Waals surface area contributed by atoms with Crippen molar-refractivity contribution in [2.24, 2.45) is 0 Å². The average molecular weight is 599 g/mol. The number of ether oxygens (including phenoxy) is 2. The van der Waals surface area contributed by atoms with Crippen LogP contribution in [-0.4, -0.2) is 41.6 Å². The number of aromatic nitrogens is 2. The van der Waals surface area contributed by atoms with Crippen molar-refractivity contribution in [1.29, 1.82) is 0 Å². The minimum Gasteiger partial charge on any atom is -0.443 e. The summed E-state index contributed by atoms with van der Waals surface area (Å²) < 4.78 is 39.9. The number of halogens is 1. The molecule has 0 atom stereocenters. The minimum atomic E-state index is -4.30. The Hall–Kier alpha value is -2.67. The Kier molecular flexibility index (Phi) is 7.00. The highest BCUT2D eigenvalue weighted by molar-refractivity contribution is 14.1. The summed E-state index contributed by atoms with van der Waals surface area (Å²) in [7, 11) is -4.30. The summed E-state index contributed by atoms with van der Waals surface area (Å²) in [6.07, 6.45) is -1.72. The van der Waals surface area contributed by atoms with Crippen molar-refractivity contribution in [3.63, 3.8) is 0 Å². The number of rotatable bonds is 3. The molecule has 0 fully saturated rings. The zero-order valence-electron chi connectivity index (χ0n) is 19.7. The monoisotopic (exact) mass is 599 g/mol. The van der Waals surface area contributed by atoms with Gasteiger partial charge in [-0.1, -0.05) is 18.2 Å². The van der Waals surface area contributed by atoms with Gasteiger partial charge in [0.05, 0.1) is 16.1 Å². The van der Waals surface area contributed by atoms with Gasteiger partial charge in [0.15, 0.2) is 0 Å². The molecule has 34 heavy (non-hydrogen) atoms. The number of hydrogen-bond acceptors (Lipinski definition) is 7. The van der Waals surface area contributed by atoms with Crippen molar-refractivity contribution < 1.29 is 27.5 Å². The molecule has 0 spiro atoms. The number of fused-ring (bicyclic) bond motifs is 1. The van der Waals surface area contributed by atoms with E-state index in [1.54, 1.807) is 59.7 Å². The van der Waals surface area contributed by atoms with Gasteiger partial charge in [-0.15, -0.1) is 0 Å². The molecule has 0 aliphatic heterocycles. The lowest BCUT2D eigenvalue weighted by Gasteiger charge is -2.27. The van der Waals surface area contributed by atoms with Gasteiger partial charge < -0.3 is 9.47 Å². The van der Waals surface area contributed by atoms with Crippen molar-refractivity contribution in [3.05, 3.63) is 52.2 Å². The Balaban J connectivity index is 2.16. The molecule has 0 aliphatic rings. The molecule has 3 aromatic rings. The van der Waals surface area contributed by atoms with Gasteiger partial charge in [0.2, 0.25) is 0 Å². The van der Waals surface area contributed by atoms with Crippen molar-refractivity contribution >= 4 is 61.4 Å². The molecule has 0 aliphatic carbocycles. The lowest BCUT2D eigenvalue weighted by atomic mass is 10.2. The van der Waals surface area contributed by atoms with Crippen LogP contribution in [0.1, 0.15) is 41.5 Å². The van der Waals surface area contributed by atoms with Crippen LogP contribution in [-0.2, 0) is 19.5 Å². The highest BCUT2D eigenvalue weighted by Crippen LogP contribution is 2.31. The maximum atomic E-state index is 13.5. The molecule has 0 N–H and O–H groups in total. The van der Waals surface area contributed by atoms with E-state index in [0.717, 1.165) is 4.68 Å². The van der Waals surface area contributed by atoms with E-state index in [2.05, 4.69) is 5.10 Å². The number of sulfonamides is 1. The largest absolute Gasteiger partial charge is 0.443 e. The third-order valence-corrected chi connectivity index (χ3v) is 6.77. The van der Waals surface area contributed by atoms with E-state index in [4.69, 9.17) is 9.47 Å². The molecular formula is C23H26IN3O6S. The standard InChI is InChI=1S/C23H26IN3O6S/c1-22(2,3)32-20(28)26-18-13-12-15(14-17(18)19(24)25-26)27(21(29)33-23(4,5)6)34(30,31)16-10-8-7-9-11-16/h7-14H,1-6H3. The average Bonchev–Trinajstić information content (AvgIpc) is 3.02. The predicted molar refractivity (Wildman–Crippen MR) is 136 cm³/mol. The van der Waals surface area contributed by atoms with Gasteiger partial charge >= 0.3 is 12.2 Å². The predicted octanol–water partition coefficient (Wildman–Crippen LogP) is 5.55. The molecule has 182 valence electrons. The van der Waals surface area contributed by atoms with Gasteiger partial charge in [-0.25, -0.2) is 18.0 Å². The van der Waals surface area contributed by atoms with Crippen LogP contribution in [0, 0.1) is 3.70 Å². The quantitative estimate of drug-likeness (QED) is 0.363. The Labute approximate surface area is 212 Å². The molecule has 0 saturated heterocycles. The lowest BCUT2D eigenvalue weighted by molar-refractivity contribution is 0.0520. The summed E-state index contributed by atoms with van der Waals surface area (Å²) >= 11 is 1.94. The molecule has 0 radical (unpaired) electrons. The van der Waals surface area contributed by atoms with E-state index in [1.807, 2.05) is 22.6 Å². The molecule has 0 unspecified atom stereocenters. The molecule has 0 bridgehead atoms. The lowest BCUT2D eigenvalue weighted by Crippen LogP contribution is -2.41. The van der Waals surface area contributed by atoms with Crippen LogP contribution in [0.25, 0.3) is 10.9 Å². The Morgan fingerprint density at radius 1 is 0.941 bits per heavy atom. The molecule has 0 saturated carbocycles. The smallest absolute Gasteiger partial charge is 0.435 e. The Morgan fingerprint density at radius 3 is 2.09 bits per heavy atom. The summed E-state index contributed by atoms with van der Waals surface area (Å²) in [6, 6.07) is 12.0. The second-order valence-corrected chi connectivity index (χ2v) is 12.3. The van der Waals surface area contributed by atoms with Gasteiger partial charge in [-0.05, 0) is 94.5 Å². The van der Waals surface area contributed by atoms with Gasteiger partial charge in [0.1, 0.15) is 14.9 Å². The first-order valence-electron chi connectivity index (χ1n) is 10.4. The number of nitrogens with zero attached hydrogens (tertiary/aromatic N) is 3. The van der Waals surface area contributed by atoms with Crippen molar-refractivity contribution in [2.75, 3.05) is 4.31 Å². The fraction of sp³-hybridized carbons (Fsp3) is 0.348. The first-order chi connectivity index (χ1) is 15.6. The van der Waals surface area contributed by atoms with E-state index in [9.17, 15) is 18.0 Å². The number of carbonyl (C=O) groups excluding carboxylic acids is 2. The SMILES string of the molecule is CC(C)(C)OC(=O)N(c1ccc2c(c1)c(I)nn2C(=O)OC(C)(C)C)S(=O)(=O)c1ccccc1. The number of carbonyl (C=O) groups is 2. The molecule has 9 nitrogen and oxygen atoms in total. The van der Waals surface area contributed by atoms with E-state index in [0.29, 0.717) is 18.9 Å². The van der Waals surface area contributed by atoms with Gasteiger partial charge in [0, 0.05) is 5.39 Å². The van der Waals surface area contributed by atoms with Gasteiger partial charge in [-0.3, -0.25) is 0 Å². The minimum absolute atomic E-state index is 0.0484. The second kappa shape index (κ2) is 9.17. The van der Waals surface area contributed by atoms with Crippen LogP contribution in [0.15, 0.2) is 53.4 Å². The van der Waals surface area contributed by atoms with Crippen molar-refractivity contribution in [3.8, 4) is 0 Å². The van der Waals surface area contributed by atoms with Crippen molar-refractivity contribution in [1.82, 2.24) is 9.78 Å². The molecular weight excluding hydrogens is 573 g/mol. The van der Waals surface area contributed by atoms with Crippen LogP contribution >= 0.6 is 22.6 Å². The molecule has 1 heterocycles. The third kappa shape index (κ3) is 5.69. The maximum absolute atomic E-state index is 13.5. The molecule has 3 rings (SSSR count). The summed E-state index contributed by atoms with van der Waals surface area (Å²) in [5.74, 6) is 0. The molecule has 1 amide bonds.